The molecule has 2 aromatic rings. The minimum Gasteiger partial charge on any atom is -0.389 e. The van der Waals surface area contributed by atoms with Gasteiger partial charge in [0.15, 0.2) is 11.6 Å². The molecule has 4 rings (SSSR count). The van der Waals surface area contributed by atoms with Crippen molar-refractivity contribution in [1.29, 1.82) is 5.26 Å². The average molecular weight is 561 g/mol. The summed E-state index contributed by atoms with van der Waals surface area (Å²) in [7, 11) is 0. The molecule has 2 saturated heterocycles. The van der Waals surface area contributed by atoms with E-state index in [1.807, 2.05) is 55.5 Å². The predicted molar refractivity (Wildman–Crippen MR) is 166 cm³/mol. The molecule has 0 amide bonds. The third kappa shape index (κ3) is 8.63. The molecular formula is C31H40N6O2S. The molecule has 0 aliphatic carbocycles. The van der Waals surface area contributed by atoms with Crippen molar-refractivity contribution in [3.63, 3.8) is 0 Å². The van der Waals surface area contributed by atoms with E-state index in [-0.39, 0.29) is 16.6 Å². The number of anilines is 2. The van der Waals surface area contributed by atoms with E-state index in [4.69, 9.17) is 18.0 Å². The second-order valence-corrected chi connectivity index (χ2v) is 10.5. The highest BCUT2D eigenvalue weighted by atomic mass is 32.1. The Morgan fingerprint density at radius 2 is 1.30 bits per heavy atom. The number of Topliss-reactive ketones (excluding diaryl/α,β-unsaturated/α-hetero) is 2. The van der Waals surface area contributed by atoms with Crippen molar-refractivity contribution in [2.45, 2.75) is 33.6 Å². The molecule has 9 heteroatoms. The first-order valence-electron chi connectivity index (χ1n) is 13.8. The van der Waals surface area contributed by atoms with Gasteiger partial charge in [0.25, 0.3) is 0 Å². The lowest BCUT2D eigenvalue weighted by Gasteiger charge is -2.26. The van der Waals surface area contributed by atoms with E-state index in [1.54, 1.807) is 13.8 Å². The monoisotopic (exact) mass is 560 g/mol. The number of hydrogen-bond acceptors (Lipinski definition) is 8. The van der Waals surface area contributed by atoms with Crippen molar-refractivity contribution >= 4 is 40.1 Å². The van der Waals surface area contributed by atoms with Gasteiger partial charge < -0.3 is 25.8 Å². The quantitative estimate of drug-likeness (QED) is 0.233. The molecule has 0 unspecified atom stereocenters. The Balaban J connectivity index is 0.000000238. The number of nitriles is 1. The number of nitrogens with two attached hydrogens (primary N) is 1. The SMILES string of the molecule is CC(=O)c1ccc(N2CCCN(/C(C)=C(/C#N)C(N)=S)CC2)cc1.CC(=O)c1ccc(N2CCCNCC2)cc1. The van der Waals surface area contributed by atoms with E-state index in [0.717, 1.165) is 81.3 Å². The van der Waals surface area contributed by atoms with Gasteiger partial charge >= 0.3 is 0 Å². The Labute approximate surface area is 243 Å². The fraction of sp³-hybridized carbons (Fsp3) is 0.419. The van der Waals surface area contributed by atoms with E-state index < -0.39 is 0 Å². The molecule has 0 atom stereocenters. The van der Waals surface area contributed by atoms with Crippen LogP contribution in [0, 0.1) is 11.3 Å². The van der Waals surface area contributed by atoms with Crippen molar-refractivity contribution in [3.8, 4) is 6.07 Å². The van der Waals surface area contributed by atoms with Crippen LogP contribution in [0.15, 0.2) is 59.8 Å². The molecular weight excluding hydrogens is 520 g/mol. The summed E-state index contributed by atoms with van der Waals surface area (Å²) in [6.07, 6.45) is 2.15. The highest BCUT2D eigenvalue weighted by molar-refractivity contribution is 7.80. The largest absolute Gasteiger partial charge is 0.389 e. The van der Waals surface area contributed by atoms with Crippen LogP contribution in [0.4, 0.5) is 11.4 Å². The van der Waals surface area contributed by atoms with Gasteiger partial charge in [-0.1, -0.05) is 12.2 Å². The average Bonchev–Trinajstić information content (AvgIpc) is 3.38. The molecule has 0 spiro atoms. The molecule has 8 nitrogen and oxygen atoms in total. The molecule has 2 aliphatic rings. The van der Waals surface area contributed by atoms with Crippen LogP contribution in [0.3, 0.4) is 0 Å². The Hall–Kier alpha value is -3.74. The molecule has 3 N–H and O–H groups in total. The number of carbonyl (C=O) groups is 2. The summed E-state index contributed by atoms with van der Waals surface area (Å²) < 4.78 is 0. The lowest BCUT2D eigenvalue weighted by atomic mass is 10.1. The molecule has 2 aliphatic heterocycles. The standard InChI is InChI=1S/C18H22N4OS.C13H18N2O/c1-13(17(12-19)18(20)24)21-8-3-9-22(11-10-21)16-6-4-15(5-7-16)14(2)23;1-11(16)12-3-5-13(6-4-12)15-9-2-7-14-8-10-15/h4-7H,3,8-11H2,1-2H3,(H2,20,24);3-6,14H,2,7-10H2,1H3/b17-13-;. The third-order valence-corrected chi connectivity index (χ3v) is 7.51. The first-order chi connectivity index (χ1) is 19.2. The summed E-state index contributed by atoms with van der Waals surface area (Å²) in [6, 6.07) is 17.7. The topological polar surface area (TPSA) is 106 Å². The summed E-state index contributed by atoms with van der Waals surface area (Å²) in [5, 5.41) is 12.6. The van der Waals surface area contributed by atoms with Crippen LogP contribution in [0.25, 0.3) is 0 Å². The zero-order valence-electron chi connectivity index (χ0n) is 23.8. The lowest BCUT2D eigenvalue weighted by Crippen LogP contribution is -2.31. The number of ketones is 2. The van der Waals surface area contributed by atoms with Gasteiger partial charge in [-0.3, -0.25) is 9.59 Å². The van der Waals surface area contributed by atoms with Crippen molar-refractivity contribution in [1.82, 2.24) is 10.2 Å². The number of rotatable bonds is 6. The van der Waals surface area contributed by atoms with Gasteiger partial charge in [-0.15, -0.1) is 0 Å². The zero-order chi connectivity index (χ0) is 29.1. The Morgan fingerprint density at radius 3 is 1.80 bits per heavy atom. The maximum Gasteiger partial charge on any atom is 0.159 e. The van der Waals surface area contributed by atoms with Gasteiger partial charge in [0.05, 0.1) is 0 Å². The summed E-state index contributed by atoms with van der Waals surface area (Å²) in [4.78, 5) is 29.5. The smallest absolute Gasteiger partial charge is 0.159 e. The number of nitrogens with one attached hydrogen (secondary N) is 1. The minimum atomic E-state index is 0.0751. The molecule has 0 aromatic heterocycles. The van der Waals surface area contributed by atoms with Crippen LogP contribution in [-0.2, 0) is 0 Å². The minimum absolute atomic E-state index is 0.0751. The molecule has 2 fully saturated rings. The summed E-state index contributed by atoms with van der Waals surface area (Å²) in [5.74, 6) is 0.204. The van der Waals surface area contributed by atoms with Crippen LogP contribution in [0.5, 0.6) is 0 Å². The van der Waals surface area contributed by atoms with Crippen LogP contribution in [0.1, 0.15) is 54.3 Å². The molecule has 0 saturated carbocycles. The fourth-order valence-electron chi connectivity index (χ4n) is 4.90. The predicted octanol–water partition coefficient (Wildman–Crippen LogP) is 4.17. The van der Waals surface area contributed by atoms with Crippen molar-refractivity contribution in [2.24, 2.45) is 5.73 Å². The highest BCUT2D eigenvalue weighted by Gasteiger charge is 2.18. The van der Waals surface area contributed by atoms with Crippen LogP contribution in [-0.4, -0.2) is 73.8 Å². The zero-order valence-corrected chi connectivity index (χ0v) is 24.6. The molecule has 2 aromatic carbocycles. The van der Waals surface area contributed by atoms with Crippen molar-refractivity contribution in [2.75, 3.05) is 62.2 Å². The normalized spacial score (nSPS) is 16.4. The molecule has 0 radical (unpaired) electrons. The maximum absolute atomic E-state index is 11.4. The van der Waals surface area contributed by atoms with Gasteiger partial charge in [-0.05, 0) is 88.7 Å². The number of benzene rings is 2. The summed E-state index contributed by atoms with van der Waals surface area (Å²) >= 11 is 4.96. The Morgan fingerprint density at radius 1 is 0.775 bits per heavy atom. The molecule has 0 bridgehead atoms. The number of hydrogen-bond donors (Lipinski definition) is 2. The summed E-state index contributed by atoms with van der Waals surface area (Å²) in [6.45, 7) is 12.8. The summed E-state index contributed by atoms with van der Waals surface area (Å²) in [5.41, 5.74) is 10.7. The van der Waals surface area contributed by atoms with Crippen LogP contribution < -0.4 is 20.9 Å². The van der Waals surface area contributed by atoms with E-state index in [2.05, 4.69) is 26.1 Å². The lowest BCUT2D eigenvalue weighted by molar-refractivity contribution is 0.100. The number of carbonyl (C=O) groups excluding carboxylic acids is 2. The van der Waals surface area contributed by atoms with Gasteiger partial charge in [0.1, 0.15) is 16.6 Å². The van der Waals surface area contributed by atoms with E-state index in [0.29, 0.717) is 5.57 Å². The fourth-order valence-corrected chi connectivity index (χ4v) is 5.09. The van der Waals surface area contributed by atoms with E-state index >= 15 is 0 Å². The van der Waals surface area contributed by atoms with Crippen LogP contribution >= 0.6 is 12.2 Å². The Bertz CT molecular complexity index is 1240. The van der Waals surface area contributed by atoms with E-state index in [1.165, 1.54) is 12.1 Å². The van der Waals surface area contributed by atoms with Crippen molar-refractivity contribution in [3.05, 3.63) is 70.9 Å². The number of allylic oxidation sites excluding steroid dienone is 1. The first kappa shape index (κ1) is 30.8. The van der Waals surface area contributed by atoms with Gasteiger partial charge in [0, 0.05) is 74.0 Å². The van der Waals surface area contributed by atoms with Crippen LogP contribution in [0.2, 0.25) is 0 Å². The van der Waals surface area contributed by atoms with Gasteiger partial charge in [0.2, 0.25) is 0 Å². The van der Waals surface area contributed by atoms with Gasteiger partial charge in [-0.25, -0.2) is 0 Å². The molecule has 212 valence electrons. The molecule has 40 heavy (non-hydrogen) atoms. The Kier molecular flexibility index (Phi) is 11.7. The van der Waals surface area contributed by atoms with E-state index in [9.17, 15) is 14.9 Å². The molecule has 2 heterocycles. The highest BCUT2D eigenvalue weighted by Crippen LogP contribution is 2.20. The third-order valence-electron chi connectivity index (χ3n) is 7.31. The number of thiocarbonyl (C=S) groups is 1. The van der Waals surface area contributed by atoms with Crippen molar-refractivity contribution < 1.29 is 9.59 Å². The van der Waals surface area contributed by atoms with Gasteiger partial charge in [-0.2, -0.15) is 5.26 Å². The second kappa shape index (κ2) is 15.2. The second-order valence-electron chi connectivity index (χ2n) is 10.1. The first-order valence-corrected chi connectivity index (χ1v) is 14.2. The number of nitrogens with zero attached hydrogens (tertiary/aromatic N) is 4. The maximum atomic E-state index is 11.4.